The number of aromatic nitrogens is 3. The van der Waals surface area contributed by atoms with E-state index in [9.17, 15) is 0 Å². The molecule has 3 aromatic rings. The molecule has 2 aromatic carbocycles. The molecule has 0 amide bonds. The van der Waals surface area contributed by atoms with Crippen LogP contribution in [0.4, 0.5) is 0 Å². The van der Waals surface area contributed by atoms with Gasteiger partial charge in [-0.3, -0.25) is 4.90 Å². The van der Waals surface area contributed by atoms with Gasteiger partial charge in [-0.05, 0) is 48.0 Å². The minimum absolute atomic E-state index is 0.185. The lowest BCUT2D eigenvalue weighted by molar-refractivity contribution is 0.213. The lowest BCUT2D eigenvalue weighted by atomic mass is 9.87. The van der Waals surface area contributed by atoms with Gasteiger partial charge in [-0.15, -0.1) is 10.2 Å². The molecule has 0 saturated carbocycles. The maximum absolute atomic E-state index is 4.62. The smallest absolute Gasteiger partial charge is 0.191 e. The van der Waals surface area contributed by atoms with Crippen molar-refractivity contribution in [2.75, 3.05) is 13.1 Å². The Morgan fingerprint density at radius 3 is 2.19 bits per heavy atom. The predicted octanol–water partition coefficient (Wildman–Crippen LogP) is 5.90. The molecule has 0 aliphatic carbocycles. The van der Waals surface area contributed by atoms with E-state index in [4.69, 9.17) is 0 Å². The fraction of sp³-hybridized carbons (Fsp3) is 0.462. The summed E-state index contributed by atoms with van der Waals surface area (Å²) in [6.45, 7) is 10.8. The maximum Gasteiger partial charge on any atom is 0.191 e. The molecule has 1 aromatic heterocycles. The fourth-order valence-electron chi connectivity index (χ4n) is 4.03. The minimum Gasteiger partial charge on any atom is -0.300 e. The van der Waals surface area contributed by atoms with E-state index in [1.807, 2.05) is 0 Å². The summed E-state index contributed by atoms with van der Waals surface area (Å²) >= 11 is 1.79. The maximum atomic E-state index is 4.62. The van der Waals surface area contributed by atoms with Crippen molar-refractivity contribution in [2.45, 2.75) is 69.4 Å². The first-order valence-electron chi connectivity index (χ1n) is 11.4. The number of nitrogens with zero attached hydrogens (tertiary/aromatic N) is 4. The van der Waals surface area contributed by atoms with Gasteiger partial charge in [-0.1, -0.05) is 93.6 Å². The molecule has 4 rings (SSSR count). The van der Waals surface area contributed by atoms with Gasteiger partial charge in [0.1, 0.15) is 5.82 Å². The molecule has 0 spiro atoms. The van der Waals surface area contributed by atoms with Crippen LogP contribution >= 0.6 is 11.8 Å². The quantitative estimate of drug-likeness (QED) is 0.433. The number of thioether (sulfide) groups is 1. The Balaban J connectivity index is 1.50. The summed E-state index contributed by atoms with van der Waals surface area (Å²) in [6.07, 6.45) is 3.93. The molecule has 1 aliphatic rings. The van der Waals surface area contributed by atoms with Gasteiger partial charge in [0.25, 0.3) is 0 Å². The van der Waals surface area contributed by atoms with E-state index in [-0.39, 0.29) is 5.41 Å². The zero-order valence-corrected chi connectivity index (χ0v) is 19.9. The number of benzene rings is 2. The second kappa shape index (κ2) is 10.0. The van der Waals surface area contributed by atoms with E-state index < -0.39 is 0 Å². The number of hydrogen-bond donors (Lipinski definition) is 0. The minimum atomic E-state index is 0.185. The number of piperidine rings is 1. The van der Waals surface area contributed by atoms with Crippen LogP contribution < -0.4 is 0 Å². The van der Waals surface area contributed by atoms with Gasteiger partial charge < -0.3 is 4.57 Å². The van der Waals surface area contributed by atoms with E-state index in [2.05, 4.69) is 95.0 Å². The van der Waals surface area contributed by atoms with Gasteiger partial charge in [-0.2, -0.15) is 0 Å². The van der Waals surface area contributed by atoms with E-state index >= 15 is 0 Å². The molecule has 4 nitrogen and oxygen atoms in total. The molecule has 0 bridgehead atoms. The Morgan fingerprint density at radius 1 is 0.806 bits per heavy atom. The zero-order valence-electron chi connectivity index (χ0n) is 19.1. The predicted molar refractivity (Wildman–Crippen MR) is 129 cm³/mol. The highest BCUT2D eigenvalue weighted by Gasteiger charge is 2.18. The summed E-state index contributed by atoms with van der Waals surface area (Å²) in [5.74, 6) is 1.98. The Kier molecular flexibility index (Phi) is 7.13. The van der Waals surface area contributed by atoms with Gasteiger partial charge in [0.05, 0.1) is 13.1 Å². The standard InChI is InChI=1S/C26H34N4S/c1-26(2,3)23-14-12-22(13-15-23)20-31-25-28-27-24(19-29-16-8-5-9-17-29)30(25)18-21-10-6-4-7-11-21/h4,6-7,10-15H,5,8-9,16-20H2,1-3H3. The Morgan fingerprint density at radius 2 is 1.52 bits per heavy atom. The molecule has 1 fully saturated rings. The van der Waals surface area contributed by atoms with Crippen LogP contribution in [0.2, 0.25) is 0 Å². The van der Waals surface area contributed by atoms with Crippen LogP contribution in [0.1, 0.15) is 62.5 Å². The lowest BCUT2D eigenvalue weighted by Crippen LogP contribution is -2.30. The topological polar surface area (TPSA) is 34.0 Å². The first-order valence-corrected chi connectivity index (χ1v) is 12.4. The van der Waals surface area contributed by atoms with E-state index in [1.165, 1.54) is 49.0 Å². The molecule has 0 unspecified atom stereocenters. The summed E-state index contributed by atoms with van der Waals surface area (Å²) in [5.41, 5.74) is 4.17. The van der Waals surface area contributed by atoms with Gasteiger partial charge in [0.15, 0.2) is 5.16 Å². The summed E-state index contributed by atoms with van der Waals surface area (Å²) in [4.78, 5) is 2.52. The SMILES string of the molecule is CC(C)(C)c1ccc(CSc2nnc(CN3CCCCC3)n2Cc2ccccc2)cc1. The van der Waals surface area contributed by atoms with Crippen LogP contribution in [0.5, 0.6) is 0 Å². The van der Waals surface area contributed by atoms with Crippen LogP contribution in [-0.4, -0.2) is 32.8 Å². The van der Waals surface area contributed by atoms with Crippen molar-refractivity contribution in [3.8, 4) is 0 Å². The molecular weight excluding hydrogens is 400 g/mol. The second-order valence-corrected chi connectivity index (χ2v) is 10.5. The molecule has 164 valence electrons. The van der Waals surface area contributed by atoms with Crippen molar-refractivity contribution in [3.63, 3.8) is 0 Å². The van der Waals surface area contributed by atoms with Crippen molar-refractivity contribution in [2.24, 2.45) is 0 Å². The fourth-order valence-corrected chi connectivity index (χ4v) is 4.95. The number of likely N-dealkylation sites (tertiary alicyclic amines) is 1. The third kappa shape index (κ3) is 5.98. The molecule has 2 heterocycles. The molecule has 0 N–H and O–H groups in total. The normalized spacial score (nSPS) is 15.3. The first-order chi connectivity index (χ1) is 15.0. The van der Waals surface area contributed by atoms with Gasteiger partial charge >= 0.3 is 0 Å². The van der Waals surface area contributed by atoms with Crippen LogP contribution in [0.3, 0.4) is 0 Å². The molecule has 1 aliphatic heterocycles. The van der Waals surface area contributed by atoms with Crippen LogP contribution in [-0.2, 0) is 24.3 Å². The van der Waals surface area contributed by atoms with Crippen molar-refractivity contribution < 1.29 is 0 Å². The summed E-state index contributed by atoms with van der Waals surface area (Å²) in [7, 11) is 0. The first kappa shape index (κ1) is 22.1. The summed E-state index contributed by atoms with van der Waals surface area (Å²) in [6, 6.07) is 19.7. The average Bonchev–Trinajstić information content (AvgIpc) is 3.14. The van der Waals surface area contributed by atoms with Crippen molar-refractivity contribution >= 4 is 11.8 Å². The Bertz CT molecular complexity index is 951. The van der Waals surface area contributed by atoms with Gasteiger partial charge in [0.2, 0.25) is 0 Å². The average molecular weight is 435 g/mol. The van der Waals surface area contributed by atoms with Gasteiger partial charge in [-0.25, -0.2) is 0 Å². The molecule has 0 radical (unpaired) electrons. The molecule has 5 heteroatoms. The van der Waals surface area contributed by atoms with Gasteiger partial charge in [0, 0.05) is 5.75 Å². The third-order valence-corrected chi connectivity index (χ3v) is 7.02. The van der Waals surface area contributed by atoms with E-state index in [0.29, 0.717) is 0 Å². The zero-order chi connectivity index (χ0) is 21.7. The van der Waals surface area contributed by atoms with Crippen molar-refractivity contribution in [1.82, 2.24) is 19.7 Å². The Labute approximate surface area is 191 Å². The number of hydrogen-bond acceptors (Lipinski definition) is 4. The van der Waals surface area contributed by atoms with Crippen molar-refractivity contribution in [1.29, 1.82) is 0 Å². The summed E-state index contributed by atoms with van der Waals surface area (Å²) in [5, 5.41) is 10.2. The molecule has 31 heavy (non-hydrogen) atoms. The Hall–Kier alpha value is -2.11. The largest absolute Gasteiger partial charge is 0.300 e. The molecular formula is C26H34N4S. The van der Waals surface area contributed by atoms with Crippen LogP contribution in [0, 0.1) is 0 Å². The van der Waals surface area contributed by atoms with Crippen molar-refractivity contribution in [3.05, 3.63) is 77.1 Å². The van der Waals surface area contributed by atoms with E-state index in [1.54, 1.807) is 11.8 Å². The third-order valence-electron chi connectivity index (χ3n) is 5.98. The van der Waals surface area contributed by atoms with Crippen LogP contribution in [0.25, 0.3) is 0 Å². The molecule has 0 atom stereocenters. The van der Waals surface area contributed by atoms with Crippen LogP contribution in [0.15, 0.2) is 59.8 Å². The summed E-state index contributed by atoms with van der Waals surface area (Å²) < 4.78 is 2.32. The highest BCUT2D eigenvalue weighted by molar-refractivity contribution is 7.98. The second-order valence-electron chi connectivity index (χ2n) is 9.54. The lowest BCUT2D eigenvalue weighted by Gasteiger charge is -2.26. The van der Waals surface area contributed by atoms with E-state index in [0.717, 1.165) is 29.8 Å². The monoisotopic (exact) mass is 434 g/mol. The molecule has 1 saturated heterocycles. The highest BCUT2D eigenvalue weighted by Crippen LogP contribution is 2.27. The highest BCUT2D eigenvalue weighted by atomic mass is 32.2. The number of rotatable bonds is 7.